The lowest BCUT2D eigenvalue weighted by Crippen LogP contribution is -2.14. The quantitative estimate of drug-likeness (QED) is 0.324. The molecule has 2 aromatic rings. The second-order valence-corrected chi connectivity index (χ2v) is 5.03. The van der Waals surface area contributed by atoms with E-state index in [4.69, 9.17) is 14.2 Å². The highest BCUT2D eigenvalue weighted by Gasteiger charge is 2.17. The van der Waals surface area contributed by atoms with E-state index in [1.807, 2.05) is 62.4 Å². The lowest BCUT2D eigenvalue weighted by Gasteiger charge is -2.14. The van der Waals surface area contributed by atoms with Crippen LogP contribution in [0.5, 0.6) is 5.75 Å². The molecule has 0 aliphatic rings. The molecular weight excluding hydrogens is 304 g/mol. The maximum atomic E-state index is 12.4. The molecule has 4 heteroatoms. The highest BCUT2D eigenvalue weighted by Crippen LogP contribution is 2.30. The number of para-hydroxylation sites is 1. The van der Waals surface area contributed by atoms with E-state index in [-0.39, 0.29) is 5.95 Å². The highest BCUT2D eigenvalue weighted by atomic mass is 16.7. The molecule has 0 radical (unpaired) electrons. The van der Waals surface area contributed by atoms with Gasteiger partial charge in [-0.3, -0.25) is 0 Å². The number of esters is 1. The van der Waals surface area contributed by atoms with E-state index in [0.29, 0.717) is 24.5 Å². The monoisotopic (exact) mass is 326 g/mol. The molecule has 2 rings (SSSR count). The first-order chi connectivity index (χ1) is 11.7. The van der Waals surface area contributed by atoms with Crippen LogP contribution < -0.4 is 4.74 Å². The predicted octanol–water partition coefficient (Wildman–Crippen LogP) is 4.56. The van der Waals surface area contributed by atoms with Gasteiger partial charge in [0.05, 0.1) is 13.2 Å². The molecule has 2 aromatic carbocycles. The van der Waals surface area contributed by atoms with Gasteiger partial charge in [-0.25, -0.2) is 4.79 Å². The summed E-state index contributed by atoms with van der Waals surface area (Å²) in [4.78, 5) is 12.4. The predicted molar refractivity (Wildman–Crippen MR) is 93.5 cm³/mol. The minimum absolute atomic E-state index is 0.210. The first kappa shape index (κ1) is 17.6. The highest BCUT2D eigenvalue weighted by molar-refractivity contribution is 5.91. The Balaban J connectivity index is 2.28. The van der Waals surface area contributed by atoms with Crippen LogP contribution >= 0.6 is 0 Å². The van der Waals surface area contributed by atoms with E-state index in [0.717, 1.165) is 11.1 Å². The van der Waals surface area contributed by atoms with Gasteiger partial charge in [-0.05, 0) is 32.4 Å². The Morgan fingerprint density at radius 2 is 1.46 bits per heavy atom. The fourth-order valence-electron chi connectivity index (χ4n) is 2.19. The van der Waals surface area contributed by atoms with Crippen molar-refractivity contribution in [1.82, 2.24) is 0 Å². The maximum absolute atomic E-state index is 12.4. The van der Waals surface area contributed by atoms with E-state index in [1.54, 1.807) is 13.0 Å². The molecule has 0 unspecified atom stereocenters. The van der Waals surface area contributed by atoms with E-state index in [1.165, 1.54) is 0 Å². The molecule has 0 N–H and O–H groups in total. The smallest absolute Gasteiger partial charge is 0.346 e. The average Bonchev–Trinajstić information content (AvgIpc) is 2.62. The van der Waals surface area contributed by atoms with Crippen molar-refractivity contribution in [2.24, 2.45) is 0 Å². The second-order valence-electron chi connectivity index (χ2n) is 5.03. The third-order valence-corrected chi connectivity index (χ3v) is 3.34. The summed E-state index contributed by atoms with van der Waals surface area (Å²) in [6.45, 7) is 6.14. The van der Waals surface area contributed by atoms with E-state index in [9.17, 15) is 4.79 Å². The van der Waals surface area contributed by atoms with Crippen molar-refractivity contribution in [3.05, 3.63) is 66.1 Å². The zero-order chi connectivity index (χ0) is 17.4. The van der Waals surface area contributed by atoms with Gasteiger partial charge < -0.3 is 14.2 Å². The number of carbonyl (C=O) groups is 1. The van der Waals surface area contributed by atoms with Crippen molar-refractivity contribution in [2.45, 2.75) is 20.8 Å². The molecule has 0 aliphatic heterocycles. The molecule has 0 heterocycles. The Morgan fingerprint density at radius 1 is 0.875 bits per heavy atom. The molecule has 0 atom stereocenters. The Labute approximate surface area is 142 Å². The van der Waals surface area contributed by atoms with Crippen molar-refractivity contribution in [3.63, 3.8) is 0 Å². The van der Waals surface area contributed by atoms with Crippen molar-refractivity contribution in [3.8, 4) is 16.9 Å². The normalized spacial score (nSPS) is 9.96. The third-order valence-electron chi connectivity index (χ3n) is 3.34. The maximum Gasteiger partial charge on any atom is 0.346 e. The third kappa shape index (κ3) is 4.38. The Morgan fingerprint density at radius 3 is 2.08 bits per heavy atom. The van der Waals surface area contributed by atoms with Gasteiger partial charge in [0.25, 0.3) is 5.95 Å². The van der Waals surface area contributed by atoms with Gasteiger partial charge in [-0.1, -0.05) is 48.5 Å². The first-order valence-electron chi connectivity index (χ1n) is 8.00. The fraction of sp³-hybridized carbons (Fsp3) is 0.250. The molecule has 0 aromatic heterocycles. The second kappa shape index (κ2) is 8.77. The van der Waals surface area contributed by atoms with Crippen LogP contribution in [0.25, 0.3) is 11.1 Å². The molecule has 0 amide bonds. The average molecular weight is 326 g/mol. The summed E-state index contributed by atoms with van der Waals surface area (Å²) in [5, 5.41) is 0. The molecule has 0 spiro atoms. The molecule has 0 bridgehead atoms. The van der Waals surface area contributed by atoms with Gasteiger partial charge in [0, 0.05) is 5.56 Å². The minimum Gasteiger partial charge on any atom is -0.465 e. The molecule has 0 fully saturated rings. The molecular formula is C20H22O4. The van der Waals surface area contributed by atoms with Gasteiger partial charge in [0.2, 0.25) is 0 Å². The number of ether oxygens (including phenoxy) is 3. The van der Waals surface area contributed by atoms with Crippen LogP contribution in [0.15, 0.2) is 66.1 Å². The zero-order valence-electron chi connectivity index (χ0n) is 14.2. The summed E-state index contributed by atoms with van der Waals surface area (Å²) in [6, 6.07) is 17.2. The summed E-state index contributed by atoms with van der Waals surface area (Å²) >= 11 is 0. The largest absolute Gasteiger partial charge is 0.465 e. The van der Waals surface area contributed by atoms with Gasteiger partial charge in [0.1, 0.15) is 11.3 Å². The van der Waals surface area contributed by atoms with Gasteiger partial charge in [0.15, 0.2) is 0 Å². The minimum atomic E-state index is -0.490. The van der Waals surface area contributed by atoms with Crippen LogP contribution in [0.1, 0.15) is 20.8 Å². The Kier molecular flexibility index (Phi) is 6.43. The SMILES string of the molecule is CCOC(OCC)=C(C)C(=O)Oc1ccccc1-c1ccccc1. The van der Waals surface area contributed by atoms with Crippen LogP contribution in [0, 0.1) is 0 Å². The van der Waals surface area contributed by atoms with E-state index < -0.39 is 5.97 Å². The number of carbonyl (C=O) groups excluding carboxylic acids is 1. The van der Waals surface area contributed by atoms with Crippen LogP contribution in [0.2, 0.25) is 0 Å². The van der Waals surface area contributed by atoms with E-state index in [2.05, 4.69) is 0 Å². The summed E-state index contributed by atoms with van der Waals surface area (Å²) in [6.07, 6.45) is 0. The fourth-order valence-corrected chi connectivity index (χ4v) is 2.19. The van der Waals surface area contributed by atoms with Gasteiger partial charge >= 0.3 is 5.97 Å². The van der Waals surface area contributed by atoms with Crippen molar-refractivity contribution >= 4 is 5.97 Å². The summed E-state index contributed by atoms with van der Waals surface area (Å²) < 4.78 is 16.3. The lowest BCUT2D eigenvalue weighted by molar-refractivity contribution is -0.130. The summed E-state index contributed by atoms with van der Waals surface area (Å²) in [5.74, 6) is 0.220. The summed E-state index contributed by atoms with van der Waals surface area (Å²) in [5.41, 5.74) is 2.15. The molecule has 4 nitrogen and oxygen atoms in total. The number of hydrogen-bond donors (Lipinski definition) is 0. The Hall–Kier alpha value is -2.75. The van der Waals surface area contributed by atoms with E-state index >= 15 is 0 Å². The lowest BCUT2D eigenvalue weighted by atomic mass is 10.1. The number of rotatable bonds is 7. The molecule has 0 saturated heterocycles. The van der Waals surface area contributed by atoms with Crippen LogP contribution in [-0.2, 0) is 14.3 Å². The van der Waals surface area contributed by atoms with Crippen molar-refractivity contribution < 1.29 is 19.0 Å². The van der Waals surface area contributed by atoms with Crippen LogP contribution in [0.4, 0.5) is 0 Å². The number of benzene rings is 2. The molecule has 126 valence electrons. The van der Waals surface area contributed by atoms with Crippen molar-refractivity contribution in [2.75, 3.05) is 13.2 Å². The van der Waals surface area contributed by atoms with Crippen LogP contribution in [0.3, 0.4) is 0 Å². The first-order valence-corrected chi connectivity index (χ1v) is 8.00. The molecule has 24 heavy (non-hydrogen) atoms. The van der Waals surface area contributed by atoms with Gasteiger partial charge in [-0.15, -0.1) is 0 Å². The Bertz CT molecular complexity index is 697. The van der Waals surface area contributed by atoms with Crippen molar-refractivity contribution in [1.29, 1.82) is 0 Å². The molecule has 0 aliphatic carbocycles. The topological polar surface area (TPSA) is 44.8 Å². The molecule has 0 saturated carbocycles. The van der Waals surface area contributed by atoms with Gasteiger partial charge in [-0.2, -0.15) is 0 Å². The standard InChI is InChI=1S/C20H22O4/c1-4-22-20(23-5-2)15(3)19(21)24-18-14-10-9-13-17(18)16-11-7-6-8-12-16/h6-14H,4-5H2,1-3H3. The summed E-state index contributed by atoms with van der Waals surface area (Å²) in [7, 11) is 0. The zero-order valence-corrected chi connectivity index (χ0v) is 14.2. The number of hydrogen-bond acceptors (Lipinski definition) is 4. The van der Waals surface area contributed by atoms with Crippen LogP contribution in [-0.4, -0.2) is 19.2 Å².